The SMILES string of the molecule is Cc1cccc(N2C(=O)C(Nc3ccc(C)c(C)c3)=C(c3cccs3)C2=O)c1. The molecule has 1 aliphatic rings. The lowest BCUT2D eigenvalue weighted by molar-refractivity contribution is -0.120. The Hall–Kier alpha value is -3.18. The molecule has 0 bridgehead atoms. The summed E-state index contributed by atoms with van der Waals surface area (Å²) in [5, 5.41) is 5.12. The number of aryl methyl sites for hydroxylation is 3. The van der Waals surface area contributed by atoms with E-state index < -0.39 is 0 Å². The highest BCUT2D eigenvalue weighted by molar-refractivity contribution is 7.11. The van der Waals surface area contributed by atoms with Gasteiger partial charge >= 0.3 is 0 Å². The predicted molar refractivity (Wildman–Crippen MR) is 114 cm³/mol. The molecule has 2 heterocycles. The van der Waals surface area contributed by atoms with Crippen molar-refractivity contribution in [1.29, 1.82) is 0 Å². The molecule has 2 amide bonds. The van der Waals surface area contributed by atoms with Gasteiger partial charge in [0.2, 0.25) is 0 Å². The zero-order valence-corrected chi connectivity index (χ0v) is 16.8. The number of benzene rings is 2. The van der Waals surface area contributed by atoms with Gasteiger partial charge in [0.05, 0.1) is 11.3 Å². The van der Waals surface area contributed by atoms with E-state index in [9.17, 15) is 9.59 Å². The number of nitrogens with one attached hydrogen (secondary N) is 1. The molecule has 0 unspecified atom stereocenters. The molecule has 140 valence electrons. The Morgan fingerprint density at radius 1 is 0.857 bits per heavy atom. The number of hydrogen-bond acceptors (Lipinski definition) is 4. The Kier molecular flexibility index (Phi) is 4.61. The van der Waals surface area contributed by atoms with E-state index in [0.717, 1.165) is 21.7 Å². The first-order valence-corrected chi connectivity index (χ1v) is 9.91. The highest BCUT2D eigenvalue weighted by Gasteiger charge is 2.40. The Balaban J connectivity index is 1.80. The third kappa shape index (κ3) is 3.14. The molecule has 3 aromatic rings. The second kappa shape index (κ2) is 7.09. The standard InChI is InChI=1S/C23H20N2O2S/c1-14-6-4-7-18(12-14)25-22(26)20(19-8-5-11-28-19)21(23(25)27)24-17-10-9-15(2)16(3)13-17/h4-13,24H,1-3H3. The van der Waals surface area contributed by atoms with Crippen molar-refractivity contribution in [2.24, 2.45) is 0 Å². The fraction of sp³-hybridized carbons (Fsp3) is 0.130. The molecule has 0 radical (unpaired) electrons. The number of hydrogen-bond donors (Lipinski definition) is 1. The fourth-order valence-electron chi connectivity index (χ4n) is 3.26. The molecule has 1 aliphatic heterocycles. The van der Waals surface area contributed by atoms with Crippen LogP contribution >= 0.6 is 11.3 Å². The van der Waals surface area contributed by atoms with Crippen LogP contribution in [-0.2, 0) is 9.59 Å². The number of carbonyl (C=O) groups excluding carboxylic acids is 2. The van der Waals surface area contributed by atoms with E-state index in [1.165, 1.54) is 21.8 Å². The summed E-state index contributed by atoms with van der Waals surface area (Å²) >= 11 is 1.45. The summed E-state index contributed by atoms with van der Waals surface area (Å²) in [4.78, 5) is 28.6. The van der Waals surface area contributed by atoms with E-state index in [2.05, 4.69) is 5.32 Å². The van der Waals surface area contributed by atoms with Gasteiger partial charge in [0.1, 0.15) is 5.70 Å². The number of imide groups is 1. The average Bonchev–Trinajstić information content (AvgIpc) is 3.25. The van der Waals surface area contributed by atoms with Gasteiger partial charge in [-0.25, -0.2) is 4.90 Å². The molecule has 2 aromatic carbocycles. The van der Waals surface area contributed by atoms with Crippen LogP contribution < -0.4 is 10.2 Å². The van der Waals surface area contributed by atoms with Gasteiger partial charge in [-0.3, -0.25) is 9.59 Å². The minimum atomic E-state index is -0.336. The van der Waals surface area contributed by atoms with Crippen LogP contribution in [-0.4, -0.2) is 11.8 Å². The van der Waals surface area contributed by atoms with Crippen molar-refractivity contribution in [3.05, 3.63) is 87.2 Å². The fourth-order valence-corrected chi connectivity index (χ4v) is 4.03. The van der Waals surface area contributed by atoms with E-state index in [1.54, 1.807) is 6.07 Å². The molecule has 4 rings (SSSR count). The van der Waals surface area contributed by atoms with E-state index in [0.29, 0.717) is 17.0 Å². The normalized spacial score (nSPS) is 14.2. The molecule has 5 heteroatoms. The zero-order chi connectivity index (χ0) is 19.8. The highest BCUT2D eigenvalue weighted by Crippen LogP contribution is 2.35. The molecule has 4 nitrogen and oxygen atoms in total. The lowest BCUT2D eigenvalue weighted by atomic mass is 10.1. The molecule has 28 heavy (non-hydrogen) atoms. The summed E-state index contributed by atoms with van der Waals surface area (Å²) in [6, 6.07) is 17.1. The van der Waals surface area contributed by atoms with Gasteiger partial charge in [-0.15, -0.1) is 11.3 Å². The van der Waals surface area contributed by atoms with Crippen LogP contribution in [0, 0.1) is 20.8 Å². The number of anilines is 2. The minimum Gasteiger partial charge on any atom is -0.350 e. The van der Waals surface area contributed by atoms with Crippen LogP contribution in [0.4, 0.5) is 11.4 Å². The maximum atomic E-state index is 13.3. The second-order valence-corrected chi connectivity index (χ2v) is 7.88. The van der Waals surface area contributed by atoms with Crippen LogP contribution in [0.5, 0.6) is 0 Å². The van der Waals surface area contributed by atoms with E-state index in [4.69, 9.17) is 0 Å². The van der Waals surface area contributed by atoms with Crippen LogP contribution in [0.1, 0.15) is 21.6 Å². The lowest BCUT2D eigenvalue weighted by Gasteiger charge is -2.16. The first-order chi connectivity index (χ1) is 13.5. The summed E-state index contributed by atoms with van der Waals surface area (Å²) in [5.74, 6) is -0.637. The van der Waals surface area contributed by atoms with Crippen molar-refractivity contribution in [1.82, 2.24) is 0 Å². The average molecular weight is 388 g/mol. The summed E-state index contributed by atoms with van der Waals surface area (Å²) in [6.45, 7) is 6.01. The maximum absolute atomic E-state index is 13.3. The van der Waals surface area contributed by atoms with Crippen molar-refractivity contribution in [2.75, 3.05) is 10.2 Å². The van der Waals surface area contributed by atoms with Crippen molar-refractivity contribution < 1.29 is 9.59 Å². The van der Waals surface area contributed by atoms with Gasteiger partial charge < -0.3 is 5.32 Å². The second-order valence-electron chi connectivity index (χ2n) is 6.94. The molecule has 0 atom stereocenters. The molecular weight excluding hydrogens is 368 g/mol. The quantitative estimate of drug-likeness (QED) is 0.635. The van der Waals surface area contributed by atoms with E-state index in [1.807, 2.05) is 74.7 Å². The molecule has 0 spiro atoms. The van der Waals surface area contributed by atoms with Crippen LogP contribution in [0.25, 0.3) is 5.57 Å². The van der Waals surface area contributed by atoms with E-state index >= 15 is 0 Å². The molecular formula is C23H20N2O2S. The first kappa shape index (κ1) is 18.2. The zero-order valence-electron chi connectivity index (χ0n) is 15.9. The number of rotatable bonds is 4. The van der Waals surface area contributed by atoms with Crippen LogP contribution in [0.3, 0.4) is 0 Å². The van der Waals surface area contributed by atoms with E-state index in [-0.39, 0.29) is 11.8 Å². The summed E-state index contributed by atoms with van der Waals surface area (Å²) in [6.07, 6.45) is 0. The molecule has 1 aromatic heterocycles. The van der Waals surface area contributed by atoms with Crippen molar-refractivity contribution in [2.45, 2.75) is 20.8 Å². The number of thiophene rings is 1. The topological polar surface area (TPSA) is 49.4 Å². The van der Waals surface area contributed by atoms with Gasteiger partial charge in [-0.1, -0.05) is 24.3 Å². The molecule has 0 aliphatic carbocycles. The monoisotopic (exact) mass is 388 g/mol. The van der Waals surface area contributed by atoms with Crippen LogP contribution in [0.2, 0.25) is 0 Å². The van der Waals surface area contributed by atoms with Gasteiger partial charge in [-0.05, 0) is 73.2 Å². The smallest absolute Gasteiger partial charge is 0.282 e. The summed E-state index contributed by atoms with van der Waals surface area (Å²) in [5.41, 5.74) is 5.40. The lowest BCUT2D eigenvalue weighted by Crippen LogP contribution is -2.32. The minimum absolute atomic E-state index is 0.301. The Morgan fingerprint density at radius 2 is 1.68 bits per heavy atom. The molecule has 1 N–H and O–H groups in total. The highest BCUT2D eigenvalue weighted by atomic mass is 32.1. The number of amides is 2. The van der Waals surface area contributed by atoms with Crippen molar-refractivity contribution in [3.8, 4) is 0 Å². The Morgan fingerprint density at radius 3 is 2.36 bits per heavy atom. The number of carbonyl (C=O) groups is 2. The maximum Gasteiger partial charge on any atom is 0.282 e. The van der Waals surface area contributed by atoms with Gasteiger partial charge in [0, 0.05) is 10.6 Å². The largest absolute Gasteiger partial charge is 0.350 e. The van der Waals surface area contributed by atoms with Gasteiger partial charge in [0.15, 0.2) is 0 Å². The van der Waals surface area contributed by atoms with Crippen LogP contribution in [0.15, 0.2) is 65.7 Å². The third-order valence-electron chi connectivity index (χ3n) is 4.89. The third-order valence-corrected chi connectivity index (χ3v) is 5.77. The molecule has 0 saturated heterocycles. The van der Waals surface area contributed by atoms with Crippen molar-refractivity contribution in [3.63, 3.8) is 0 Å². The molecule has 0 saturated carbocycles. The van der Waals surface area contributed by atoms with Crippen molar-refractivity contribution >= 4 is 40.1 Å². The number of nitrogens with zero attached hydrogens (tertiary/aromatic N) is 1. The Labute approximate surface area is 168 Å². The molecule has 0 fully saturated rings. The Bertz CT molecular complexity index is 1110. The van der Waals surface area contributed by atoms with Gasteiger partial charge in [-0.2, -0.15) is 0 Å². The predicted octanol–water partition coefficient (Wildman–Crippen LogP) is 5.07. The first-order valence-electron chi connectivity index (χ1n) is 9.03. The summed E-state index contributed by atoms with van der Waals surface area (Å²) in [7, 11) is 0. The van der Waals surface area contributed by atoms with Gasteiger partial charge in [0.25, 0.3) is 11.8 Å². The summed E-state index contributed by atoms with van der Waals surface area (Å²) < 4.78 is 0.